The lowest BCUT2D eigenvalue weighted by atomic mass is 10.1. The van der Waals surface area contributed by atoms with Crippen molar-refractivity contribution in [2.24, 2.45) is 0 Å². The number of carbonyl (C=O) groups excluding carboxylic acids is 1. The molecule has 54 valence electrons. The van der Waals surface area contributed by atoms with Gasteiger partial charge in [-0.3, -0.25) is 4.79 Å². The zero-order valence-electron chi connectivity index (χ0n) is 5.59. The van der Waals surface area contributed by atoms with Crippen LogP contribution in [0.25, 0.3) is 0 Å². The van der Waals surface area contributed by atoms with E-state index in [1.54, 1.807) is 6.08 Å². The Hall–Kier alpha value is -0.280. The summed E-state index contributed by atoms with van der Waals surface area (Å²) >= 11 is 1.41. The van der Waals surface area contributed by atoms with Gasteiger partial charge in [0.05, 0.1) is 5.37 Å². The standard InChI is InChI=1S/C7H9NOS/c9-6-4-5-2-1-3-8-7(5)10-6/h4,7-8H,1-3H2. The lowest BCUT2D eigenvalue weighted by Gasteiger charge is -2.20. The summed E-state index contributed by atoms with van der Waals surface area (Å²) < 4.78 is 0. The maximum atomic E-state index is 10.9. The van der Waals surface area contributed by atoms with Crippen molar-refractivity contribution < 1.29 is 4.79 Å². The molecule has 1 fully saturated rings. The van der Waals surface area contributed by atoms with Crippen LogP contribution in [-0.2, 0) is 4.79 Å². The molecule has 2 nitrogen and oxygen atoms in total. The van der Waals surface area contributed by atoms with E-state index < -0.39 is 0 Å². The van der Waals surface area contributed by atoms with Gasteiger partial charge in [0.25, 0.3) is 0 Å². The molecule has 0 bridgehead atoms. The SMILES string of the molecule is O=C1C=C2CCCNC2S1. The van der Waals surface area contributed by atoms with Crippen molar-refractivity contribution in [1.29, 1.82) is 0 Å². The summed E-state index contributed by atoms with van der Waals surface area (Å²) in [6.07, 6.45) is 4.06. The van der Waals surface area contributed by atoms with Crippen molar-refractivity contribution in [2.75, 3.05) is 6.54 Å². The van der Waals surface area contributed by atoms with Gasteiger partial charge >= 0.3 is 0 Å². The van der Waals surface area contributed by atoms with Crippen molar-refractivity contribution in [3.05, 3.63) is 11.6 Å². The molecule has 10 heavy (non-hydrogen) atoms. The van der Waals surface area contributed by atoms with Gasteiger partial charge in [-0.1, -0.05) is 11.8 Å². The number of carbonyl (C=O) groups is 1. The third-order valence-corrected chi connectivity index (χ3v) is 2.90. The molecule has 2 heterocycles. The number of fused-ring (bicyclic) bond motifs is 1. The predicted molar refractivity (Wildman–Crippen MR) is 41.7 cm³/mol. The fraction of sp³-hybridized carbons (Fsp3) is 0.571. The fourth-order valence-electron chi connectivity index (χ4n) is 1.35. The summed E-state index contributed by atoms with van der Waals surface area (Å²) in [4.78, 5) is 10.9. The minimum Gasteiger partial charge on any atom is -0.302 e. The van der Waals surface area contributed by atoms with Crippen LogP contribution in [0, 0.1) is 0 Å². The Morgan fingerprint density at radius 2 is 2.60 bits per heavy atom. The van der Waals surface area contributed by atoms with Gasteiger partial charge < -0.3 is 5.32 Å². The van der Waals surface area contributed by atoms with Crippen LogP contribution >= 0.6 is 11.8 Å². The number of thioether (sulfide) groups is 1. The molecule has 0 aromatic rings. The molecule has 1 saturated heterocycles. The highest BCUT2D eigenvalue weighted by Gasteiger charge is 2.26. The first kappa shape index (κ1) is 6.43. The topological polar surface area (TPSA) is 29.1 Å². The number of rotatable bonds is 0. The molecule has 1 atom stereocenters. The second kappa shape index (κ2) is 2.40. The van der Waals surface area contributed by atoms with Crippen molar-refractivity contribution in [2.45, 2.75) is 18.2 Å². The smallest absolute Gasteiger partial charge is 0.214 e. The van der Waals surface area contributed by atoms with Crippen LogP contribution in [0.5, 0.6) is 0 Å². The number of hydrogen-bond donors (Lipinski definition) is 1. The highest BCUT2D eigenvalue weighted by molar-refractivity contribution is 8.15. The number of nitrogens with one attached hydrogen (secondary N) is 1. The first-order valence-electron chi connectivity index (χ1n) is 3.51. The molecular weight excluding hydrogens is 146 g/mol. The highest BCUT2D eigenvalue weighted by Crippen LogP contribution is 2.31. The number of hydrogen-bond acceptors (Lipinski definition) is 3. The van der Waals surface area contributed by atoms with Crippen molar-refractivity contribution in [1.82, 2.24) is 5.32 Å². The summed E-state index contributed by atoms with van der Waals surface area (Å²) in [6, 6.07) is 0. The van der Waals surface area contributed by atoms with E-state index in [1.807, 2.05) is 0 Å². The van der Waals surface area contributed by atoms with Gasteiger partial charge in [0.1, 0.15) is 0 Å². The summed E-state index contributed by atoms with van der Waals surface area (Å²) in [6.45, 7) is 1.06. The largest absolute Gasteiger partial charge is 0.302 e. The molecule has 1 unspecified atom stereocenters. The van der Waals surface area contributed by atoms with Gasteiger partial charge in [-0.05, 0) is 31.0 Å². The van der Waals surface area contributed by atoms with E-state index in [4.69, 9.17) is 0 Å². The Balaban J connectivity index is 2.17. The van der Waals surface area contributed by atoms with Crippen molar-refractivity contribution >= 4 is 16.9 Å². The Kier molecular flexibility index (Phi) is 1.54. The molecule has 3 heteroatoms. The second-order valence-electron chi connectivity index (χ2n) is 2.59. The Labute approximate surface area is 64.1 Å². The molecule has 0 saturated carbocycles. The van der Waals surface area contributed by atoms with Crippen LogP contribution in [0.1, 0.15) is 12.8 Å². The van der Waals surface area contributed by atoms with Crippen LogP contribution in [-0.4, -0.2) is 17.0 Å². The Morgan fingerprint density at radius 3 is 3.40 bits per heavy atom. The van der Waals surface area contributed by atoms with Gasteiger partial charge in [0, 0.05) is 0 Å². The zero-order chi connectivity index (χ0) is 6.97. The van der Waals surface area contributed by atoms with E-state index in [9.17, 15) is 4.79 Å². The van der Waals surface area contributed by atoms with E-state index in [-0.39, 0.29) is 5.12 Å². The molecule has 0 aliphatic carbocycles. The fourth-order valence-corrected chi connectivity index (χ4v) is 2.34. The maximum Gasteiger partial charge on any atom is 0.214 e. The Bertz CT molecular complexity index is 200. The van der Waals surface area contributed by atoms with E-state index in [1.165, 1.54) is 23.8 Å². The van der Waals surface area contributed by atoms with Crippen LogP contribution in [0.4, 0.5) is 0 Å². The lowest BCUT2D eigenvalue weighted by Crippen LogP contribution is -2.31. The average Bonchev–Trinajstić information content (AvgIpc) is 2.27. The average molecular weight is 155 g/mol. The Morgan fingerprint density at radius 1 is 1.70 bits per heavy atom. The van der Waals surface area contributed by atoms with Crippen LogP contribution < -0.4 is 5.32 Å². The van der Waals surface area contributed by atoms with Gasteiger partial charge in [-0.25, -0.2) is 0 Å². The van der Waals surface area contributed by atoms with Gasteiger partial charge in [-0.2, -0.15) is 0 Å². The molecule has 2 rings (SSSR count). The van der Waals surface area contributed by atoms with Crippen molar-refractivity contribution in [3.63, 3.8) is 0 Å². The molecule has 0 aromatic carbocycles. The quantitative estimate of drug-likeness (QED) is 0.563. The maximum absolute atomic E-state index is 10.9. The monoisotopic (exact) mass is 155 g/mol. The summed E-state index contributed by atoms with van der Waals surface area (Å²) in [7, 11) is 0. The highest BCUT2D eigenvalue weighted by atomic mass is 32.2. The van der Waals surface area contributed by atoms with Gasteiger partial charge in [0.2, 0.25) is 5.12 Å². The molecule has 1 N–H and O–H groups in total. The minimum absolute atomic E-state index is 0.217. The first-order valence-corrected chi connectivity index (χ1v) is 4.39. The molecule has 2 aliphatic rings. The van der Waals surface area contributed by atoms with Crippen LogP contribution in [0.2, 0.25) is 0 Å². The van der Waals surface area contributed by atoms with Crippen molar-refractivity contribution in [3.8, 4) is 0 Å². The van der Waals surface area contributed by atoms with E-state index in [2.05, 4.69) is 5.32 Å². The summed E-state index contributed by atoms with van der Waals surface area (Å²) in [5, 5.41) is 3.82. The third-order valence-electron chi connectivity index (χ3n) is 1.85. The van der Waals surface area contributed by atoms with E-state index in [0.29, 0.717) is 5.37 Å². The predicted octanol–water partition coefficient (Wildman–Crippen LogP) is 0.896. The van der Waals surface area contributed by atoms with E-state index in [0.717, 1.165) is 13.0 Å². The molecule has 2 aliphatic heterocycles. The second-order valence-corrected chi connectivity index (χ2v) is 3.70. The van der Waals surface area contributed by atoms with E-state index >= 15 is 0 Å². The first-order chi connectivity index (χ1) is 4.86. The summed E-state index contributed by atoms with van der Waals surface area (Å²) in [5.41, 5.74) is 1.29. The lowest BCUT2D eigenvalue weighted by molar-refractivity contribution is -0.106. The van der Waals surface area contributed by atoms with Crippen LogP contribution in [0.3, 0.4) is 0 Å². The number of piperidine rings is 1. The normalized spacial score (nSPS) is 31.8. The molecule has 0 aromatic heterocycles. The molecule has 0 amide bonds. The zero-order valence-corrected chi connectivity index (χ0v) is 6.41. The molecular formula is C7H9NOS. The van der Waals surface area contributed by atoms with Crippen LogP contribution in [0.15, 0.2) is 11.6 Å². The molecule has 0 radical (unpaired) electrons. The summed E-state index contributed by atoms with van der Waals surface area (Å²) in [5.74, 6) is 0. The minimum atomic E-state index is 0.217. The molecule has 0 spiro atoms. The van der Waals surface area contributed by atoms with Gasteiger partial charge in [-0.15, -0.1) is 0 Å². The third kappa shape index (κ3) is 0.995. The van der Waals surface area contributed by atoms with Gasteiger partial charge in [0.15, 0.2) is 0 Å².